The Hall–Kier alpha value is -1.20. The van der Waals surface area contributed by atoms with Crippen molar-refractivity contribution in [2.75, 3.05) is 7.11 Å². The molecule has 0 amide bonds. The van der Waals surface area contributed by atoms with E-state index in [1.165, 1.54) is 0 Å². The molecule has 1 N–H and O–H groups in total. The van der Waals surface area contributed by atoms with Gasteiger partial charge < -0.3 is 14.8 Å². The van der Waals surface area contributed by atoms with E-state index < -0.39 is 0 Å². The molecule has 7 heteroatoms. The Morgan fingerprint density at radius 3 is 2.31 bits per heavy atom. The third-order valence-corrected chi connectivity index (χ3v) is 4.42. The van der Waals surface area contributed by atoms with Crippen LogP contribution in [0, 0.1) is 5.41 Å². The number of rotatable bonds is 8. The molecule has 0 atom stereocenters. The highest BCUT2D eigenvalue weighted by molar-refractivity contribution is 6.32. The lowest BCUT2D eigenvalue weighted by Gasteiger charge is -2.33. The Balaban J connectivity index is 0.00000392. The molecule has 164 valence electrons. The molecule has 1 aromatic heterocycles. The molecule has 29 heavy (non-hydrogen) atoms. The molecule has 0 unspecified atom stereocenters. The molecular weight excluding hydrogens is 431 g/mol. The van der Waals surface area contributed by atoms with Crippen LogP contribution in [0.25, 0.3) is 0 Å². The molecular formula is C22H33Cl3N2O2. The van der Waals surface area contributed by atoms with Gasteiger partial charge in [-0.2, -0.15) is 0 Å². The lowest BCUT2D eigenvalue weighted by molar-refractivity contribution is 0.240. The smallest absolute Gasteiger partial charge is 0.180 e. The molecule has 2 rings (SSSR count). The van der Waals surface area contributed by atoms with Gasteiger partial charge in [-0.05, 0) is 49.4 Å². The molecule has 1 heterocycles. The summed E-state index contributed by atoms with van der Waals surface area (Å²) in [6.07, 6.45) is 4.58. The van der Waals surface area contributed by atoms with Gasteiger partial charge in [0, 0.05) is 30.0 Å². The van der Waals surface area contributed by atoms with Gasteiger partial charge >= 0.3 is 0 Å². The number of nitrogens with zero attached hydrogens (tertiary/aromatic N) is 1. The van der Waals surface area contributed by atoms with Gasteiger partial charge in [-0.25, -0.2) is 0 Å². The quantitative estimate of drug-likeness (QED) is 0.487. The average molecular weight is 464 g/mol. The van der Waals surface area contributed by atoms with Crippen LogP contribution in [0.4, 0.5) is 0 Å². The van der Waals surface area contributed by atoms with Crippen molar-refractivity contribution in [1.29, 1.82) is 0 Å². The van der Waals surface area contributed by atoms with Crippen LogP contribution in [0.15, 0.2) is 36.7 Å². The standard InChI is InChI=1S/C22H31ClN2O2.2ClH/c1-21(2,3)15-22(4,5)25-13-17-10-18(23)20(19(11-17)26-6)27-14-16-8-7-9-24-12-16;;/h7-12,25H,13-15H2,1-6H3;2*1H. The summed E-state index contributed by atoms with van der Waals surface area (Å²) in [5, 5.41) is 4.17. The van der Waals surface area contributed by atoms with Gasteiger partial charge in [0.25, 0.3) is 0 Å². The van der Waals surface area contributed by atoms with Crippen molar-refractivity contribution in [2.24, 2.45) is 5.41 Å². The monoisotopic (exact) mass is 462 g/mol. The molecule has 0 spiro atoms. The number of pyridine rings is 1. The number of benzene rings is 1. The van der Waals surface area contributed by atoms with Gasteiger partial charge in [-0.3, -0.25) is 4.98 Å². The Labute approximate surface area is 192 Å². The van der Waals surface area contributed by atoms with E-state index in [0.29, 0.717) is 29.7 Å². The second kappa shape index (κ2) is 11.8. The van der Waals surface area contributed by atoms with Crippen LogP contribution in [0.3, 0.4) is 0 Å². The van der Waals surface area contributed by atoms with Crippen molar-refractivity contribution >= 4 is 36.4 Å². The Kier molecular flexibility index (Phi) is 11.4. The van der Waals surface area contributed by atoms with E-state index >= 15 is 0 Å². The van der Waals surface area contributed by atoms with E-state index in [-0.39, 0.29) is 35.8 Å². The Morgan fingerprint density at radius 2 is 1.76 bits per heavy atom. The molecule has 0 aliphatic carbocycles. The number of halogens is 3. The third-order valence-electron chi connectivity index (χ3n) is 4.14. The van der Waals surface area contributed by atoms with E-state index in [2.05, 4.69) is 44.9 Å². The van der Waals surface area contributed by atoms with Crippen molar-refractivity contribution in [3.05, 3.63) is 52.8 Å². The van der Waals surface area contributed by atoms with Crippen LogP contribution >= 0.6 is 36.4 Å². The first-order valence-corrected chi connectivity index (χ1v) is 9.61. The summed E-state index contributed by atoms with van der Waals surface area (Å²) in [6.45, 7) is 12.3. The summed E-state index contributed by atoms with van der Waals surface area (Å²) >= 11 is 6.49. The second-order valence-corrected chi connectivity index (χ2v) is 9.14. The van der Waals surface area contributed by atoms with Crippen LogP contribution in [0.2, 0.25) is 5.02 Å². The SMILES string of the molecule is COc1cc(CNC(C)(C)CC(C)(C)C)cc(Cl)c1OCc1cccnc1.Cl.Cl. The van der Waals surface area contributed by atoms with Gasteiger partial charge in [-0.15, -0.1) is 24.8 Å². The first-order valence-electron chi connectivity index (χ1n) is 9.23. The zero-order valence-electron chi connectivity index (χ0n) is 18.0. The number of aromatic nitrogens is 1. The minimum atomic E-state index is 0. The zero-order chi connectivity index (χ0) is 20.1. The minimum Gasteiger partial charge on any atom is -0.493 e. The fourth-order valence-corrected chi connectivity index (χ4v) is 3.67. The van der Waals surface area contributed by atoms with Crippen LogP contribution in [-0.4, -0.2) is 17.6 Å². The fraction of sp³-hybridized carbons (Fsp3) is 0.500. The van der Waals surface area contributed by atoms with Gasteiger partial charge in [0.2, 0.25) is 0 Å². The highest BCUT2D eigenvalue weighted by atomic mass is 35.5. The van der Waals surface area contributed by atoms with Crippen molar-refractivity contribution in [1.82, 2.24) is 10.3 Å². The fourth-order valence-electron chi connectivity index (χ4n) is 3.38. The predicted molar refractivity (Wildman–Crippen MR) is 126 cm³/mol. The maximum Gasteiger partial charge on any atom is 0.180 e. The number of nitrogens with one attached hydrogen (secondary N) is 1. The van der Waals surface area contributed by atoms with E-state index in [1.54, 1.807) is 19.5 Å². The van der Waals surface area contributed by atoms with Gasteiger partial charge in [0.1, 0.15) is 6.61 Å². The number of ether oxygens (including phenoxy) is 2. The summed E-state index contributed by atoms with van der Waals surface area (Å²) in [5.41, 5.74) is 2.32. The zero-order valence-corrected chi connectivity index (χ0v) is 20.4. The van der Waals surface area contributed by atoms with Crippen molar-refractivity contribution < 1.29 is 9.47 Å². The van der Waals surface area contributed by atoms with E-state index in [1.807, 2.05) is 24.3 Å². The Bertz CT molecular complexity index is 748. The molecule has 0 bridgehead atoms. The molecule has 0 saturated carbocycles. The maximum atomic E-state index is 6.49. The van der Waals surface area contributed by atoms with Crippen LogP contribution in [0.1, 0.15) is 52.2 Å². The predicted octanol–water partition coefficient (Wildman–Crippen LogP) is 6.47. The van der Waals surface area contributed by atoms with Crippen LogP contribution in [-0.2, 0) is 13.2 Å². The molecule has 0 aliphatic rings. The lowest BCUT2D eigenvalue weighted by Crippen LogP contribution is -2.41. The largest absolute Gasteiger partial charge is 0.493 e. The summed E-state index contributed by atoms with van der Waals surface area (Å²) < 4.78 is 11.4. The molecule has 0 radical (unpaired) electrons. The number of hydrogen-bond donors (Lipinski definition) is 1. The number of hydrogen-bond acceptors (Lipinski definition) is 4. The normalized spacial score (nSPS) is 11.3. The second-order valence-electron chi connectivity index (χ2n) is 8.73. The third kappa shape index (κ3) is 9.43. The molecule has 2 aromatic rings. The molecule has 4 nitrogen and oxygen atoms in total. The number of methoxy groups -OCH3 is 1. The first-order chi connectivity index (χ1) is 12.6. The minimum absolute atomic E-state index is 0. The van der Waals surface area contributed by atoms with Crippen molar-refractivity contribution in [3.63, 3.8) is 0 Å². The Morgan fingerprint density at radius 1 is 1.07 bits per heavy atom. The summed E-state index contributed by atoms with van der Waals surface area (Å²) in [7, 11) is 1.63. The lowest BCUT2D eigenvalue weighted by atomic mass is 9.82. The molecule has 0 aliphatic heterocycles. The van der Waals surface area contributed by atoms with Crippen molar-refractivity contribution in [3.8, 4) is 11.5 Å². The van der Waals surface area contributed by atoms with Crippen LogP contribution in [0.5, 0.6) is 11.5 Å². The highest BCUT2D eigenvalue weighted by Gasteiger charge is 2.25. The van der Waals surface area contributed by atoms with Crippen molar-refractivity contribution in [2.45, 2.75) is 59.7 Å². The summed E-state index contributed by atoms with van der Waals surface area (Å²) in [4.78, 5) is 4.10. The first kappa shape index (κ1) is 27.8. The van der Waals surface area contributed by atoms with Gasteiger partial charge in [0.15, 0.2) is 11.5 Å². The summed E-state index contributed by atoms with van der Waals surface area (Å²) in [5.74, 6) is 1.19. The summed E-state index contributed by atoms with van der Waals surface area (Å²) in [6, 6.07) is 7.75. The van der Waals surface area contributed by atoms with Gasteiger partial charge in [0.05, 0.1) is 12.1 Å². The van der Waals surface area contributed by atoms with E-state index in [0.717, 1.165) is 17.5 Å². The molecule has 0 fully saturated rings. The molecule has 1 aromatic carbocycles. The van der Waals surface area contributed by atoms with Gasteiger partial charge in [-0.1, -0.05) is 38.4 Å². The van der Waals surface area contributed by atoms with E-state index in [9.17, 15) is 0 Å². The van der Waals surface area contributed by atoms with Crippen LogP contribution < -0.4 is 14.8 Å². The molecule has 0 saturated heterocycles. The highest BCUT2D eigenvalue weighted by Crippen LogP contribution is 2.37. The van der Waals surface area contributed by atoms with E-state index in [4.69, 9.17) is 21.1 Å². The average Bonchev–Trinajstić information content (AvgIpc) is 2.57. The topological polar surface area (TPSA) is 43.4 Å². The maximum absolute atomic E-state index is 6.49.